The summed E-state index contributed by atoms with van der Waals surface area (Å²) in [4.78, 5) is 27.7. The Labute approximate surface area is 259 Å². The zero-order chi connectivity index (χ0) is 31.3. The summed E-state index contributed by atoms with van der Waals surface area (Å²) in [5.74, 6) is 0.152. The zero-order valence-corrected chi connectivity index (χ0v) is 24.8. The van der Waals surface area contributed by atoms with Gasteiger partial charge in [-0.2, -0.15) is 10.2 Å². The lowest BCUT2D eigenvalue weighted by Crippen LogP contribution is -2.38. The molecule has 0 saturated carbocycles. The highest BCUT2D eigenvalue weighted by atomic mass is 19.1. The first-order valence-corrected chi connectivity index (χ1v) is 14.8. The summed E-state index contributed by atoms with van der Waals surface area (Å²) in [7, 11) is 0. The highest BCUT2D eigenvalue weighted by Crippen LogP contribution is 2.25. The summed E-state index contributed by atoms with van der Waals surface area (Å²) in [5, 5.41) is 18.5. The lowest BCUT2D eigenvalue weighted by Gasteiger charge is -2.31. The van der Waals surface area contributed by atoms with Crippen LogP contribution in [0, 0.1) is 17.1 Å². The van der Waals surface area contributed by atoms with Crippen LogP contribution in [0.25, 0.3) is 11.0 Å². The van der Waals surface area contributed by atoms with Gasteiger partial charge >= 0.3 is 5.97 Å². The first-order chi connectivity index (χ1) is 21.9. The van der Waals surface area contributed by atoms with Crippen LogP contribution in [0.3, 0.4) is 0 Å². The van der Waals surface area contributed by atoms with Gasteiger partial charge in [-0.25, -0.2) is 19.2 Å². The number of pyridine rings is 1. The maximum atomic E-state index is 14.2. The molecule has 0 spiro atoms. The number of carboxylic acid groups (broad SMARTS) is 1. The molecule has 1 N–H and O–H groups in total. The Morgan fingerprint density at radius 3 is 2.67 bits per heavy atom. The van der Waals surface area contributed by atoms with Gasteiger partial charge in [0.25, 0.3) is 0 Å². The Morgan fingerprint density at radius 2 is 1.91 bits per heavy atom. The number of aryl methyl sites for hydroxylation is 1. The molecule has 5 aromatic rings. The maximum absolute atomic E-state index is 14.2. The number of nitrogens with zero attached hydrogens (tertiary/aromatic N) is 7. The third-order valence-electron chi connectivity index (χ3n) is 7.98. The molecule has 230 valence electrons. The maximum Gasteiger partial charge on any atom is 0.335 e. The zero-order valence-electron chi connectivity index (χ0n) is 24.8. The topological polar surface area (TPSA) is 131 Å². The highest BCUT2D eigenvalue weighted by Gasteiger charge is 2.24. The quantitative estimate of drug-likeness (QED) is 0.219. The average Bonchev–Trinajstić information content (AvgIpc) is 3.65. The standard InChI is InChI=1S/C33H32FN7O4/c1-2-40-21-36-17-25(40)18-41-29-15-23(33(42)43)8-9-28(29)37-30(41)19-39-12-10-26(11-13-39)45-32-5-3-4-31(38-32)44-20-24-7-6-22(16-35)14-27(24)34/h3-9,14-15,17,21,26H,2,10-13,18-20H2,1H3,(H,42,43). The minimum Gasteiger partial charge on any atom is -0.478 e. The summed E-state index contributed by atoms with van der Waals surface area (Å²) in [6.07, 6.45) is 5.18. The number of halogens is 1. The number of ether oxygens (including phenoxy) is 2. The van der Waals surface area contributed by atoms with Crippen LogP contribution in [0.4, 0.5) is 4.39 Å². The summed E-state index contributed by atoms with van der Waals surface area (Å²) < 4.78 is 30.3. The normalized spacial score (nSPS) is 14.0. The van der Waals surface area contributed by atoms with E-state index in [0.717, 1.165) is 55.0 Å². The molecule has 1 aliphatic rings. The summed E-state index contributed by atoms with van der Waals surface area (Å²) in [5.41, 5.74) is 3.37. The molecule has 3 aromatic heterocycles. The van der Waals surface area contributed by atoms with E-state index < -0.39 is 11.8 Å². The Morgan fingerprint density at radius 1 is 1.09 bits per heavy atom. The van der Waals surface area contributed by atoms with E-state index in [-0.39, 0.29) is 23.8 Å². The van der Waals surface area contributed by atoms with Crippen molar-refractivity contribution in [3.63, 3.8) is 0 Å². The van der Waals surface area contributed by atoms with E-state index in [1.807, 2.05) is 12.3 Å². The molecule has 0 unspecified atom stereocenters. The molecule has 11 nitrogen and oxygen atoms in total. The SMILES string of the molecule is CCn1cncc1Cn1c(CN2CCC(Oc3cccc(OCc4ccc(C#N)cc4F)n3)CC2)nc2ccc(C(=O)O)cc21. The number of imidazole rings is 2. The molecule has 45 heavy (non-hydrogen) atoms. The van der Waals surface area contributed by atoms with E-state index in [9.17, 15) is 14.3 Å². The molecule has 1 aliphatic heterocycles. The Kier molecular flexibility index (Phi) is 8.70. The second kappa shape index (κ2) is 13.2. The molecule has 1 fully saturated rings. The number of aromatic nitrogens is 5. The number of likely N-dealkylation sites (tertiary alicyclic amines) is 1. The van der Waals surface area contributed by atoms with Gasteiger partial charge < -0.3 is 23.7 Å². The van der Waals surface area contributed by atoms with Gasteiger partial charge in [0.1, 0.15) is 24.4 Å². The van der Waals surface area contributed by atoms with Crippen molar-refractivity contribution in [2.75, 3.05) is 13.1 Å². The Bertz CT molecular complexity index is 1870. The molecular weight excluding hydrogens is 577 g/mol. The number of carbonyl (C=O) groups is 1. The van der Waals surface area contributed by atoms with Crippen molar-refractivity contribution in [3.8, 4) is 17.8 Å². The van der Waals surface area contributed by atoms with Crippen LogP contribution in [0.5, 0.6) is 11.8 Å². The van der Waals surface area contributed by atoms with Gasteiger partial charge in [-0.1, -0.05) is 12.1 Å². The number of aromatic carboxylic acids is 1. The Balaban J connectivity index is 1.09. The first kappa shape index (κ1) is 29.8. The number of hydrogen-bond acceptors (Lipinski definition) is 8. The summed E-state index contributed by atoms with van der Waals surface area (Å²) in [6, 6.07) is 16.5. The van der Waals surface area contributed by atoms with Crippen molar-refractivity contribution in [1.82, 2.24) is 29.0 Å². The average molecular weight is 610 g/mol. The van der Waals surface area contributed by atoms with Crippen LogP contribution in [0.15, 0.2) is 67.1 Å². The minimum absolute atomic E-state index is 0.0183. The highest BCUT2D eigenvalue weighted by molar-refractivity contribution is 5.92. The minimum atomic E-state index is -0.973. The lowest BCUT2D eigenvalue weighted by molar-refractivity contribution is 0.0697. The molecular formula is C33H32FN7O4. The van der Waals surface area contributed by atoms with Crippen LogP contribution in [-0.4, -0.2) is 59.3 Å². The van der Waals surface area contributed by atoms with Gasteiger partial charge in [0.15, 0.2) is 0 Å². The van der Waals surface area contributed by atoms with E-state index >= 15 is 0 Å². The van der Waals surface area contributed by atoms with Crippen LogP contribution >= 0.6 is 0 Å². The number of fused-ring (bicyclic) bond motifs is 1. The molecule has 0 radical (unpaired) electrons. The fraction of sp³-hybridized carbons (Fsp3) is 0.303. The number of benzene rings is 2. The summed E-state index contributed by atoms with van der Waals surface area (Å²) in [6.45, 7) is 5.54. The van der Waals surface area contributed by atoms with Gasteiger partial charge in [-0.05, 0) is 50.1 Å². The molecule has 4 heterocycles. The third-order valence-corrected chi connectivity index (χ3v) is 7.98. The van der Waals surface area contributed by atoms with Crippen molar-refractivity contribution in [3.05, 3.63) is 101 Å². The second-order valence-corrected chi connectivity index (χ2v) is 10.9. The van der Waals surface area contributed by atoms with Gasteiger partial charge in [-0.3, -0.25) is 4.90 Å². The van der Waals surface area contributed by atoms with E-state index in [1.165, 1.54) is 12.1 Å². The Hall–Kier alpha value is -5.28. The van der Waals surface area contributed by atoms with Crippen LogP contribution in [0.1, 0.15) is 52.8 Å². The number of rotatable bonds is 11. The van der Waals surface area contributed by atoms with Crippen LogP contribution in [-0.2, 0) is 26.2 Å². The lowest BCUT2D eigenvalue weighted by atomic mass is 10.1. The van der Waals surface area contributed by atoms with Crippen LogP contribution < -0.4 is 9.47 Å². The number of hydrogen-bond donors (Lipinski definition) is 1. The number of nitriles is 1. The molecule has 6 rings (SSSR count). The smallest absolute Gasteiger partial charge is 0.335 e. The molecule has 2 aromatic carbocycles. The van der Waals surface area contributed by atoms with Gasteiger partial charge in [0, 0.05) is 43.5 Å². The van der Waals surface area contributed by atoms with Crippen LogP contribution in [0.2, 0.25) is 0 Å². The largest absolute Gasteiger partial charge is 0.478 e. The molecule has 12 heteroatoms. The predicted octanol–water partition coefficient (Wildman–Crippen LogP) is 5.03. The molecule has 0 bridgehead atoms. The fourth-order valence-electron chi connectivity index (χ4n) is 5.51. The van der Waals surface area contributed by atoms with Crippen molar-refractivity contribution in [2.24, 2.45) is 0 Å². The number of piperidine rings is 1. The first-order valence-electron chi connectivity index (χ1n) is 14.8. The van der Waals surface area contributed by atoms with Crippen molar-refractivity contribution in [2.45, 2.75) is 52.1 Å². The van der Waals surface area contributed by atoms with Crippen molar-refractivity contribution < 1.29 is 23.8 Å². The summed E-state index contributed by atoms with van der Waals surface area (Å²) >= 11 is 0. The molecule has 0 aliphatic carbocycles. The van der Waals surface area contributed by atoms with Gasteiger partial charge in [0.2, 0.25) is 11.8 Å². The number of carboxylic acids is 1. The van der Waals surface area contributed by atoms with Crippen molar-refractivity contribution in [1.29, 1.82) is 5.26 Å². The predicted molar refractivity (Wildman–Crippen MR) is 162 cm³/mol. The van der Waals surface area contributed by atoms with Gasteiger partial charge in [-0.15, -0.1) is 0 Å². The van der Waals surface area contributed by atoms with Crippen molar-refractivity contribution >= 4 is 17.0 Å². The third kappa shape index (κ3) is 6.78. The monoisotopic (exact) mass is 609 g/mol. The molecule has 0 atom stereocenters. The van der Waals surface area contributed by atoms with E-state index in [4.69, 9.17) is 19.7 Å². The fourth-order valence-corrected chi connectivity index (χ4v) is 5.51. The van der Waals surface area contributed by atoms with E-state index in [1.54, 1.807) is 48.8 Å². The molecule has 0 amide bonds. The van der Waals surface area contributed by atoms with Gasteiger partial charge in [0.05, 0.1) is 53.3 Å². The van der Waals surface area contributed by atoms with E-state index in [2.05, 4.69) is 30.9 Å². The molecule has 1 saturated heterocycles. The van der Waals surface area contributed by atoms with E-state index in [0.29, 0.717) is 30.4 Å². The second-order valence-electron chi connectivity index (χ2n) is 10.9.